The Labute approximate surface area is 126 Å². The topological polar surface area (TPSA) is 24.9 Å². The third-order valence-corrected chi connectivity index (χ3v) is 4.88. The van der Waals surface area contributed by atoms with Crippen LogP contribution in [0.2, 0.25) is 0 Å². The Morgan fingerprint density at radius 3 is 2.63 bits per heavy atom. The molecule has 0 saturated carbocycles. The van der Waals surface area contributed by atoms with E-state index in [0.29, 0.717) is 6.04 Å². The van der Waals surface area contributed by atoms with Gasteiger partial charge in [-0.05, 0) is 30.9 Å². The highest BCUT2D eigenvalue weighted by Crippen LogP contribution is 2.28. The molecular formula is C15H28N2S2. The van der Waals surface area contributed by atoms with Gasteiger partial charge in [0.2, 0.25) is 0 Å². The fourth-order valence-corrected chi connectivity index (χ4v) is 3.62. The van der Waals surface area contributed by atoms with Crippen molar-refractivity contribution in [1.29, 1.82) is 0 Å². The Morgan fingerprint density at radius 2 is 2.11 bits per heavy atom. The van der Waals surface area contributed by atoms with Crippen LogP contribution in [0.5, 0.6) is 0 Å². The molecule has 1 rings (SSSR count). The van der Waals surface area contributed by atoms with E-state index in [1.165, 1.54) is 35.0 Å². The third kappa shape index (κ3) is 5.84. The first-order chi connectivity index (χ1) is 8.99. The van der Waals surface area contributed by atoms with Gasteiger partial charge in [-0.25, -0.2) is 4.98 Å². The van der Waals surface area contributed by atoms with Gasteiger partial charge in [0.1, 0.15) is 5.01 Å². The maximum atomic E-state index is 4.86. The molecule has 0 saturated heterocycles. The first-order valence-electron chi connectivity index (χ1n) is 7.26. The number of thiazole rings is 1. The second-order valence-electron chi connectivity index (χ2n) is 5.81. The standard InChI is InChI=1S/C15H28N2S2/c1-6-9-16-12(8-10-18-7-2)14-17-13(11-19-14)15(3,4)5/h11-12,16H,6-10H2,1-5H3. The molecule has 4 heteroatoms. The Kier molecular flexibility index (Phi) is 7.40. The number of hydrogen-bond donors (Lipinski definition) is 1. The zero-order valence-electron chi connectivity index (χ0n) is 13.0. The van der Waals surface area contributed by atoms with Crippen molar-refractivity contribution < 1.29 is 0 Å². The smallest absolute Gasteiger partial charge is 0.110 e. The third-order valence-electron chi connectivity index (χ3n) is 2.98. The summed E-state index contributed by atoms with van der Waals surface area (Å²) in [6.07, 6.45) is 2.35. The summed E-state index contributed by atoms with van der Waals surface area (Å²) in [4.78, 5) is 4.86. The zero-order chi connectivity index (χ0) is 14.3. The van der Waals surface area contributed by atoms with Crippen LogP contribution >= 0.6 is 23.1 Å². The Hall–Kier alpha value is -0.0600. The van der Waals surface area contributed by atoms with Crippen LogP contribution < -0.4 is 5.32 Å². The van der Waals surface area contributed by atoms with Gasteiger partial charge in [0.05, 0.1) is 11.7 Å². The van der Waals surface area contributed by atoms with Crippen LogP contribution in [0.4, 0.5) is 0 Å². The average molecular weight is 301 g/mol. The largest absolute Gasteiger partial charge is 0.308 e. The van der Waals surface area contributed by atoms with Crippen LogP contribution in [0.25, 0.3) is 0 Å². The van der Waals surface area contributed by atoms with Gasteiger partial charge in [-0.15, -0.1) is 11.3 Å². The highest BCUT2D eigenvalue weighted by atomic mass is 32.2. The lowest BCUT2D eigenvalue weighted by atomic mass is 9.93. The van der Waals surface area contributed by atoms with Crippen molar-refractivity contribution in [2.75, 3.05) is 18.1 Å². The molecule has 2 nitrogen and oxygen atoms in total. The van der Waals surface area contributed by atoms with E-state index in [4.69, 9.17) is 4.98 Å². The minimum absolute atomic E-state index is 0.155. The molecule has 0 aliphatic rings. The van der Waals surface area contributed by atoms with Gasteiger partial charge in [-0.1, -0.05) is 34.6 Å². The van der Waals surface area contributed by atoms with E-state index in [1.807, 2.05) is 23.1 Å². The molecule has 1 unspecified atom stereocenters. The van der Waals surface area contributed by atoms with Gasteiger partial charge >= 0.3 is 0 Å². The minimum Gasteiger partial charge on any atom is -0.308 e. The highest BCUT2D eigenvalue weighted by Gasteiger charge is 2.20. The van der Waals surface area contributed by atoms with Crippen molar-refractivity contribution in [2.45, 2.75) is 58.9 Å². The van der Waals surface area contributed by atoms with Crippen LogP contribution in [0.15, 0.2) is 5.38 Å². The molecule has 0 fully saturated rings. The van der Waals surface area contributed by atoms with Crippen molar-refractivity contribution in [3.8, 4) is 0 Å². The fourth-order valence-electron chi connectivity index (χ4n) is 1.77. The normalized spacial score (nSPS) is 13.7. The van der Waals surface area contributed by atoms with Gasteiger partial charge in [-0.3, -0.25) is 0 Å². The summed E-state index contributed by atoms with van der Waals surface area (Å²) in [6.45, 7) is 12.2. The molecule has 0 spiro atoms. The quantitative estimate of drug-likeness (QED) is 0.709. The number of hydrogen-bond acceptors (Lipinski definition) is 4. The average Bonchev–Trinajstić information content (AvgIpc) is 2.83. The van der Waals surface area contributed by atoms with E-state index in [2.05, 4.69) is 45.3 Å². The second kappa shape index (κ2) is 8.28. The summed E-state index contributed by atoms with van der Waals surface area (Å²) in [6, 6.07) is 0.431. The molecule has 1 N–H and O–H groups in total. The van der Waals surface area contributed by atoms with Crippen LogP contribution in [0, 0.1) is 0 Å². The van der Waals surface area contributed by atoms with Crippen molar-refractivity contribution in [2.24, 2.45) is 0 Å². The SMILES string of the molecule is CCCNC(CCSCC)c1nc(C(C)(C)C)cs1. The Bertz CT molecular complexity index is 355. The summed E-state index contributed by atoms with van der Waals surface area (Å²) in [5.74, 6) is 2.41. The molecule has 110 valence electrons. The van der Waals surface area contributed by atoms with Gasteiger partial charge < -0.3 is 5.32 Å². The van der Waals surface area contributed by atoms with Crippen LogP contribution in [0.1, 0.15) is 64.2 Å². The fraction of sp³-hybridized carbons (Fsp3) is 0.800. The molecule has 19 heavy (non-hydrogen) atoms. The number of thioether (sulfide) groups is 1. The summed E-state index contributed by atoms with van der Waals surface area (Å²) in [7, 11) is 0. The molecule has 0 aliphatic heterocycles. The predicted molar refractivity (Wildman–Crippen MR) is 89.5 cm³/mol. The molecular weight excluding hydrogens is 272 g/mol. The molecule has 1 heterocycles. The van der Waals surface area contributed by atoms with Crippen LogP contribution in [0.3, 0.4) is 0 Å². The first-order valence-corrected chi connectivity index (χ1v) is 9.29. The predicted octanol–water partition coefficient (Wildman–Crippen LogP) is 4.62. The van der Waals surface area contributed by atoms with Gasteiger partial charge in [0, 0.05) is 10.8 Å². The summed E-state index contributed by atoms with van der Waals surface area (Å²) in [5.41, 5.74) is 1.38. The van der Waals surface area contributed by atoms with E-state index >= 15 is 0 Å². The van der Waals surface area contributed by atoms with Crippen LogP contribution in [-0.4, -0.2) is 23.0 Å². The van der Waals surface area contributed by atoms with E-state index in [-0.39, 0.29) is 5.41 Å². The number of rotatable bonds is 8. The lowest BCUT2D eigenvalue weighted by Gasteiger charge is -2.17. The van der Waals surface area contributed by atoms with Crippen molar-refractivity contribution >= 4 is 23.1 Å². The zero-order valence-corrected chi connectivity index (χ0v) is 14.6. The summed E-state index contributed by atoms with van der Waals surface area (Å²) in [5, 5.41) is 7.13. The summed E-state index contributed by atoms with van der Waals surface area (Å²) < 4.78 is 0. The lowest BCUT2D eigenvalue weighted by molar-refractivity contribution is 0.510. The molecule has 0 bridgehead atoms. The molecule has 0 aromatic carbocycles. The van der Waals surface area contributed by atoms with Gasteiger partial charge in [0.15, 0.2) is 0 Å². The maximum Gasteiger partial charge on any atom is 0.110 e. The Morgan fingerprint density at radius 1 is 1.37 bits per heavy atom. The molecule has 0 aliphatic carbocycles. The van der Waals surface area contributed by atoms with Crippen molar-refractivity contribution in [3.63, 3.8) is 0 Å². The molecule has 1 aromatic heterocycles. The second-order valence-corrected chi connectivity index (χ2v) is 8.10. The number of nitrogens with one attached hydrogen (secondary N) is 1. The Balaban J connectivity index is 2.70. The number of aromatic nitrogens is 1. The van der Waals surface area contributed by atoms with E-state index in [1.54, 1.807) is 0 Å². The summed E-state index contributed by atoms with van der Waals surface area (Å²) >= 11 is 3.82. The highest BCUT2D eigenvalue weighted by molar-refractivity contribution is 7.99. The van der Waals surface area contributed by atoms with Crippen molar-refractivity contribution in [3.05, 3.63) is 16.1 Å². The van der Waals surface area contributed by atoms with E-state index < -0.39 is 0 Å². The molecule has 0 radical (unpaired) electrons. The van der Waals surface area contributed by atoms with Crippen molar-refractivity contribution in [1.82, 2.24) is 10.3 Å². The molecule has 0 amide bonds. The minimum atomic E-state index is 0.155. The van der Waals surface area contributed by atoms with Gasteiger partial charge in [-0.2, -0.15) is 11.8 Å². The van der Waals surface area contributed by atoms with E-state index in [0.717, 1.165) is 6.54 Å². The van der Waals surface area contributed by atoms with E-state index in [9.17, 15) is 0 Å². The van der Waals surface area contributed by atoms with Gasteiger partial charge in [0.25, 0.3) is 0 Å². The maximum absolute atomic E-state index is 4.86. The molecule has 1 atom stereocenters. The van der Waals surface area contributed by atoms with Crippen LogP contribution in [-0.2, 0) is 5.41 Å². The lowest BCUT2D eigenvalue weighted by Crippen LogP contribution is -2.23. The molecule has 1 aromatic rings. The monoisotopic (exact) mass is 300 g/mol. The number of nitrogens with zero attached hydrogens (tertiary/aromatic N) is 1. The first kappa shape index (κ1) is 17.0.